The van der Waals surface area contributed by atoms with Crippen LogP contribution in [-0.4, -0.2) is 63.4 Å². The summed E-state index contributed by atoms with van der Waals surface area (Å²) in [5.74, 6) is 2.33. The number of guanidine groups is 1. The lowest BCUT2D eigenvalue weighted by Gasteiger charge is -2.40. The summed E-state index contributed by atoms with van der Waals surface area (Å²) in [6.45, 7) is 8.74. The number of ether oxygens (including phenoxy) is 2. The second kappa shape index (κ2) is 10.3. The third-order valence-corrected chi connectivity index (χ3v) is 6.21. The Kier molecular flexibility index (Phi) is 7.78. The van der Waals surface area contributed by atoms with Gasteiger partial charge >= 0.3 is 0 Å². The van der Waals surface area contributed by atoms with Crippen LogP contribution in [0.4, 0.5) is 0 Å². The van der Waals surface area contributed by atoms with Gasteiger partial charge in [0.1, 0.15) is 5.75 Å². The molecule has 2 aliphatic rings. The zero-order chi connectivity index (χ0) is 20.7. The zero-order valence-electron chi connectivity index (χ0n) is 18.5. The van der Waals surface area contributed by atoms with E-state index in [2.05, 4.69) is 60.7 Å². The number of likely N-dealkylation sites (tertiary alicyclic amines) is 1. The maximum atomic E-state index is 5.89. The van der Waals surface area contributed by atoms with E-state index >= 15 is 0 Å². The topological polar surface area (TPSA) is 58.1 Å². The Morgan fingerprint density at radius 3 is 2.72 bits per heavy atom. The molecule has 3 rings (SSSR count). The Hall–Kier alpha value is -1.79. The predicted octanol–water partition coefficient (Wildman–Crippen LogP) is 3.20. The average molecular weight is 403 g/mol. The molecule has 3 atom stereocenters. The number of rotatable bonds is 7. The fraction of sp³-hybridized carbons (Fsp3) is 0.696. The van der Waals surface area contributed by atoms with Gasteiger partial charge in [-0.05, 0) is 76.7 Å². The van der Waals surface area contributed by atoms with Gasteiger partial charge in [-0.1, -0.05) is 12.1 Å². The van der Waals surface area contributed by atoms with Crippen molar-refractivity contribution < 1.29 is 9.47 Å². The summed E-state index contributed by atoms with van der Waals surface area (Å²) in [5, 5.41) is 7.00. The van der Waals surface area contributed by atoms with Crippen LogP contribution < -0.4 is 15.4 Å². The molecule has 0 aromatic heterocycles. The molecule has 1 aromatic carbocycles. The van der Waals surface area contributed by atoms with Crippen molar-refractivity contribution in [2.24, 2.45) is 10.9 Å². The molecule has 6 nitrogen and oxygen atoms in total. The second-order valence-electron chi connectivity index (χ2n) is 8.58. The van der Waals surface area contributed by atoms with Crippen LogP contribution in [0.3, 0.4) is 0 Å². The van der Waals surface area contributed by atoms with Crippen molar-refractivity contribution in [3.63, 3.8) is 0 Å². The fourth-order valence-corrected chi connectivity index (χ4v) is 4.58. The van der Waals surface area contributed by atoms with E-state index in [1.165, 1.54) is 18.4 Å². The summed E-state index contributed by atoms with van der Waals surface area (Å²) in [7, 11) is 3.95. The van der Waals surface area contributed by atoms with Crippen molar-refractivity contribution in [2.45, 2.75) is 51.2 Å². The molecule has 29 heavy (non-hydrogen) atoms. The van der Waals surface area contributed by atoms with E-state index in [9.17, 15) is 0 Å². The van der Waals surface area contributed by atoms with Gasteiger partial charge in [-0.3, -0.25) is 9.89 Å². The number of aliphatic imine (C=N–C) groups is 1. The highest BCUT2D eigenvalue weighted by atomic mass is 16.5. The molecule has 0 radical (unpaired) electrons. The lowest BCUT2D eigenvalue weighted by Crippen LogP contribution is -2.45. The summed E-state index contributed by atoms with van der Waals surface area (Å²) in [6, 6.07) is 8.94. The van der Waals surface area contributed by atoms with Gasteiger partial charge in [0.2, 0.25) is 0 Å². The summed E-state index contributed by atoms with van der Waals surface area (Å²) >= 11 is 0. The Balaban J connectivity index is 1.65. The van der Waals surface area contributed by atoms with Gasteiger partial charge in [0, 0.05) is 25.7 Å². The number of piperidine rings is 1. The molecule has 2 N–H and O–H groups in total. The van der Waals surface area contributed by atoms with E-state index in [4.69, 9.17) is 14.5 Å². The first-order valence-electron chi connectivity index (χ1n) is 11.0. The minimum Gasteiger partial charge on any atom is -0.497 e. The SMILES string of the molecule is CCNC(=NCC1(C)CCCO1)NCC1CCCN(C)C1c1ccc(OC)cc1. The maximum absolute atomic E-state index is 5.89. The Labute approximate surface area is 176 Å². The molecule has 6 heteroatoms. The Morgan fingerprint density at radius 2 is 2.07 bits per heavy atom. The molecule has 0 saturated carbocycles. The van der Waals surface area contributed by atoms with E-state index in [1.807, 2.05) is 0 Å². The maximum Gasteiger partial charge on any atom is 0.191 e. The second-order valence-corrected chi connectivity index (χ2v) is 8.58. The highest BCUT2D eigenvalue weighted by molar-refractivity contribution is 5.79. The van der Waals surface area contributed by atoms with Crippen LogP contribution in [0, 0.1) is 5.92 Å². The minimum atomic E-state index is -0.112. The highest BCUT2D eigenvalue weighted by Gasteiger charge is 2.31. The predicted molar refractivity (Wildman–Crippen MR) is 119 cm³/mol. The summed E-state index contributed by atoms with van der Waals surface area (Å²) in [5.41, 5.74) is 1.24. The van der Waals surface area contributed by atoms with E-state index in [0.29, 0.717) is 18.5 Å². The lowest BCUT2D eigenvalue weighted by atomic mass is 9.85. The molecule has 1 aromatic rings. The van der Waals surface area contributed by atoms with E-state index in [0.717, 1.165) is 50.8 Å². The summed E-state index contributed by atoms with van der Waals surface area (Å²) < 4.78 is 11.2. The minimum absolute atomic E-state index is 0.112. The molecule has 0 aliphatic carbocycles. The van der Waals surface area contributed by atoms with Gasteiger partial charge in [0.15, 0.2) is 5.96 Å². The van der Waals surface area contributed by atoms with Crippen molar-refractivity contribution in [1.29, 1.82) is 0 Å². The van der Waals surface area contributed by atoms with Crippen LogP contribution in [0.5, 0.6) is 5.75 Å². The molecule has 2 aliphatic heterocycles. The van der Waals surface area contributed by atoms with E-state index in [1.54, 1.807) is 7.11 Å². The van der Waals surface area contributed by atoms with E-state index in [-0.39, 0.29) is 5.60 Å². The quantitative estimate of drug-likeness (QED) is 0.542. The zero-order valence-corrected chi connectivity index (χ0v) is 18.5. The molecule has 2 heterocycles. The molecule has 162 valence electrons. The molecule has 3 unspecified atom stereocenters. The molecule has 0 amide bonds. The van der Waals surface area contributed by atoms with Crippen molar-refractivity contribution in [2.75, 3.05) is 46.9 Å². The van der Waals surface area contributed by atoms with Crippen molar-refractivity contribution >= 4 is 5.96 Å². The number of methoxy groups -OCH3 is 1. The summed E-state index contributed by atoms with van der Waals surface area (Å²) in [4.78, 5) is 7.31. The first-order chi connectivity index (χ1) is 14.0. The average Bonchev–Trinajstić information content (AvgIpc) is 3.17. The van der Waals surface area contributed by atoms with Gasteiger partial charge in [-0.15, -0.1) is 0 Å². The lowest BCUT2D eigenvalue weighted by molar-refractivity contribution is 0.0283. The first kappa shape index (κ1) is 21.9. The number of hydrogen-bond acceptors (Lipinski definition) is 4. The first-order valence-corrected chi connectivity index (χ1v) is 11.0. The van der Waals surface area contributed by atoms with Crippen molar-refractivity contribution in [3.05, 3.63) is 29.8 Å². The molecule has 2 fully saturated rings. The molecular weight excluding hydrogens is 364 g/mol. The standard InChI is InChI=1S/C23H38N4O2/c1-5-24-22(26-17-23(2)13-7-15-29-23)25-16-19-8-6-14-27(3)21(19)18-9-11-20(28-4)12-10-18/h9-12,19,21H,5-8,13-17H2,1-4H3,(H2,24,25,26). The van der Waals surface area contributed by atoms with Crippen LogP contribution in [0.2, 0.25) is 0 Å². The van der Waals surface area contributed by atoms with Crippen LogP contribution in [0.25, 0.3) is 0 Å². The monoisotopic (exact) mass is 402 g/mol. The van der Waals surface area contributed by atoms with Crippen LogP contribution in [0.15, 0.2) is 29.3 Å². The number of nitrogens with zero attached hydrogens (tertiary/aromatic N) is 2. The van der Waals surface area contributed by atoms with Crippen LogP contribution in [-0.2, 0) is 4.74 Å². The van der Waals surface area contributed by atoms with Gasteiger partial charge < -0.3 is 20.1 Å². The molecular formula is C23H38N4O2. The fourth-order valence-electron chi connectivity index (χ4n) is 4.58. The Morgan fingerprint density at radius 1 is 1.28 bits per heavy atom. The van der Waals surface area contributed by atoms with Gasteiger partial charge in [-0.25, -0.2) is 0 Å². The number of hydrogen-bond donors (Lipinski definition) is 2. The van der Waals surface area contributed by atoms with E-state index < -0.39 is 0 Å². The molecule has 2 saturated heterocycles. The number of benzene rings is 1. The molecule has 0 spiro atoms. The van der Waals surface area contributed by atoms with Crippen LogP contribution in [0.1, 0.15) is 51.1 Å². The van der Waals surface area contributed by atoms with Crippen molar-refractivity contribution in [1.82, 2.24) is 15.5 Å². The van der Waals surface area contributed by atoms with Gasteiger partial charge in [-0.2, -0.15) is 0 Å². The van der Waals surface area contributed by atoms with Gasteiger partial charge in [0.25, 0.3) is 0 Å². The third-order valence-electron chi connectivity index (χ3n) is 6.21. The smallest absolute Gasteiger partial charge is 0.191 e. The Bertz CT molecular complexity index is 655. The van der Waals surface area contributed by atoms with Crippen LogP contribution >= 0.6 is 0 Å². The summed E-state index contributed by atoms with van der Waals surface area (Å²) in [6.07, 6.45) is 4.67. The third kappa shape index (κ3) is 5.86. The normalized spacial score (nSPS) is 28.3. The molecule has 0 bridgehead atoms. The van der Waals surface area contributed by atoms with Crippen molar-refractivity contribution in [3.8, 4) is 5.75 Å². The highest BCUT2D eigenvalue weighted by Crippen LogP contribution is 2.35. The van der Waals surface area contributed by atoms with Gasteiger partial charge in [0.05, 0.1) is 19.3 Å². The number of nitrogens with one attached hydrogen (secondary N) is 2. The largest absolute Gasteiger partial charge is 0.497 e.